The second-order valence-electron chi connectivity index (χ2n) is 5.41. The van der Waals surface area contributed by atoms with E-state index < -0.39 is 0 Å². The Labute approximate surface area is 139 Å². The van der Waals surface area contributed by atoms with E-state index in [9.17, 15) is 9.59 Å². The van der Waals surface area contributed by atoms with Crippen LogP contribution >= 0.6 is 0 Å². The van der Waals surface area contributed by atoms with E-state index in [-0.39, 0.29) is 11.9 Å². The number of esters is 1. The fraction of sp³-hybridized carbons (Fsp3) is 0.353. The van der Waals surface area contributed by atoms with Crippen molar-refractivity contribution in [2.45, 2.75) is 6.92 Å². The van der Waals surface area contributed by atoms with E-state index in [1.165, 1.54) is 12.5 Å². The van der Waals surface area contributed by atoms with Gasteiger partial charge in [0.2, 0.25) is 0 Å². The average Bonchev–Trinajstić information content (AvgIpc) is 3.16. The molecule has 1 saturated heterocycles. The Kier molecular flexibility index (Phi) is 4.79. The lowest BCUT2D eigenvalue weighted by atomic mass is 10.2. The van der Waals surface area contributed by atoms with E-state index >= 15 is 0 Å². The van der Waals surface area contributed by atoms with Crippen LogP contribution in [-0.2, 0) is 4.74 Å². The van der Waals surface area contributed by atoms with Gasteiger partial charge in [0.25, 0.3) is 5.91 Å². The normalized spacial score (nSPS) is 14.5. The van der Waals surface area contributed by atoms with E-state index in [2.05, 4.69) is 9.88 Å². The van der Waals surface area contributed by atoms with E-state index in [1.807, 2.05) is 0 Å². The summed E-state index contributed by atoms with van der Waals surface area (Å²) in [6, 6.07) is 5.15. The molecule has 3 rings (SSSR count). The summed E-state index contributed by atoms with van der Waals surface area (Å²) in [6.07, 6.45) is 4.71. The molecule has 24 heavy (non-hydrogen) atoms. The number of hydrogen-bond acceptors (Lipinski definition) is 6. The number of piperazine rings is 1. The zero-order valence-electron chi connectivity index (χ0n) is 13.5. The van der Waals surface area contributed by atoms with Crippen molar-refractivity contribution in [1.82, 2.24) is 9.88 Å². The molecule has 0 atom stereocenters. The molecule has 126 valence electrons. The minimum absolute atomic E-state index is 0.0990. The molecule has 0 radical (unpaired) electrons. The van der Waals surface area contributed by atoms with Crippen molar-refractivity contribution in [3.63, 3.8) is 0 Å². The van der Waals surface area contributed by atoms with Gasteiger partial charge in [0.1, 0.15) is 0 Å². The van der Waals surface area contributed by atoms with Gasteiger partial charge < -0.3 is 19.0 Å². The van der Waals surface area contributed by atoms with Gasteiger partial charge in [-0.25, -0.2) is 4.79 Å². The molecular formula is C17H19N3O4. The SMILES string of the molecule is CCOC(=O)c1cncc(N2CCN(C(=O)c3ccco3)CC2)c1. The quantitative estimate of drug-likeness (QED) is 0.796. The number of carbonyl (C=O) groups excluding carboxylic acids is 2. The molecule has 1 fully saturated rings. The van der Waals surface area contributed by atoms with Crippen molar-refractivity contribution in [2.24, 2.45) is 0 Å². The summed E-state index contributed by atoms with van der Waals surface area (Å²) in [5.41, 5.74) is 1.29. The first-order valence-corrected chi connectivity index (χ1v) is 7.89. The van der Waals surface area contributed by atoms with Crippen LogP contribution in [0.1, 0.15) is 27.8 Å². The standard InChI is InChI=1S/C17H19N3O4/c1-2-23-17(22)13-10-14(12-18-11-13)19-5-7-20(8-6-19)16(21)15-4-3-9-24-15/h3-4,9-12H,2,5-8H2,1H3. The third-order valence-corrected chi connectivity index (χ3v) is 3.90. The highest BCUT2D eigenvalue weighted by molar-refractivity contribution is 5.92. The number of furan rings is 1. The van der Waals surface area contributed by atoms with Crippen molar-refractivity contribution in [3.05, 3.63) is 48.2 Å². The Bertz CT molecular complexity index is 706. The Morgan fingerprint density at radius 3 is 2.71 bits per heavy atom. The fourth-order valence-corrected chi connectivity index (χ4v) is 2.65. The van der Waals surface area contributed by atoms with Crippen molar-refractivity contribution < 1.29 is 18.7 Å². The topological polar surface area (TPSA) is 75.9 Å². The largest absolute Gasteiger partial charge is 0.462 e. The van der Waals surface area contributed by atoms with Gasteiger partial charge in [0.05, 0.1) is 30.3 Å². The zero-order valence-corrected chi connectivity index (χ0v) is 13.5. The molecule has 0 saturated carbocycles. The zero-order chi connectivity index (χ0) is 16.9. The lowest BCUT2D eigenvalue weighted by molar-refractivity contribution is 0.0525. The van der Waals surface area contributed by atoms with E-state index in [4.69, 9.17) is 9.15 Å². The Morgan fingerprint density at radius 2 is 2.04 bits per heavy atom. The van der Waals surface area contributed by atoms with E-state index in [1.54, 1.807) is 36.2 Å². The van der Waals surface area contributed by atoms with Gasteiger partial charge in [0.15, 0.2) is 5.76 Å². The molecular weight excluding hydrogens is 310 g/mol. The molecule has 0 aliphatic carbocycles. The molecule has 7 heteroatoms. The second kappa shape index (κ2) is 7.16. The number of aromatic nitrogens is 1. The Balaban J connectivity index is 1.63. The predicted molar refractivity (Wildman–Crippen MR) is 87.0 cm³/mol. The number of anilines is 1. The first-order chi connectivity index (χ1) is 11.7. The second-order valence-corrected chi connectivity index (χ2v) is 5.41. The number of pyridine rings is 1. The number of ether oxygens (including phenoxy) is 1. The van der Waals surface area contributed by atoms with E-state index in [0.29, 0.717) is 44.1 Å². The number of rotatable bonds is 4. The third-order valence-electron chi connectivity index (χ3n) is 3.90. The molecule has 0 N–H and O–H groups in total. The number of hydrogen-bond donors (Lipinski definition) is 0. The molecule has 1 aliphatic heterocycles. The maximum Gasteiger partial charge on any atom is 0.339 e. The third kappa shape index (κ3) is 3.40. The van der Waals surface area contributed by atoms with Gasteiger partial charge in [-0.1, -0.05) is 0 Å². The van der Waals surface area contributed by atoms with Gasteiger partial charge >= 0.3 is 5.97 Å². The minimum atomic E-state index is -0.376. The van der Waals surface area contributed by atoms with Crippen LogP contribution < -0.4 is 4.90 Å². The fourth-order valence-electron chi connectivity index (χ4n) is 2.65. The predicted octanol–water partition coefficient (Wildman–Crippen LogP) is 1.81. The van der Waals surface area contributed by atoms with Crippen molar-refractivity contribution in [3.8, 4) is 0 Å². The van der Waals surface area contributed by atoms with Crippen molar-refractivity contribution >= 4 is 17.6 Å². The first-order valence-electron chi connectivity index (χ1n) is 7.89. The van der Waals surface area contributed by atoms with Crippen LogP contribution in [0.2, 0.25) is 0 Å². The van der Waals surface area contributed by atoms with Gasteiger partial charge in [-0.2, -0.15) is 0 Å². The molecule has 3 heterocycles. The summed E-state index contributed by atoms with van der Waals surface area (Å²) in [6.45, 7) is 4.61. The van der Waals surface area contributed by atoms with Crippen LogP contribution in [-0.4, -0.2) is 54.5 Å². The highest BCUT2D eigenvalue weighted by atomic mass is 16.5. The maximum absolute atomic E-state index is 12.3. The monoisotopic (exact) mass is 329 g/mol. The first kappa shape index (κ1) is 16.0. The Morgan fingerprint density at radius 1 is 1.25 bits per heavy atom. The maximum atomic E-state index is 12.3. The van der Waals surface area contributed by atoms with Crippen LogP contribution in [0, 0.1) is 0 Å². The molecule has 2 aromatic heterocycles. The molecule has 0 spiro atoms. The summed E-state index contributed by atoms with van der Waals surface area (Å²) < 4.78 is 10.2. The Hall–Kier alpha value is -2.83. The molecule has 0 unspecified atom stereocenters. The van der Waals surface area contributed by atoms with Crippen LogP contribution in [0.5, 0.6) is 0 Å². The van der Waals surface area contributed by atoms with Gasteiger partial charge in [-0.15, -0.1) is 0 Å². The van der Waals surface area contributed by atoms with Crippen LogP contribution in [0.4, 0.5) is 5.69 Å². The van der Waals surface area contributed by atoms with Gasteiger partial charge in [0, 0.05) is 32.4 Å². The van der Waals surface area contributed by atoms with Gasteiger partial charge in [-0.3, -0.25) is 9.78 Å². The minimum Gasteiger partial charge on any atom is -0.462 e. The summed E-state index contributed by atoms with van der Waals surface area (Å²) in [5, 5.41) is 0. The molecule has 1 amide bonds. The van der Waals surface area contributed by atoms with Crippen LogP contribution in [0.3, 0.4) is 0 Å². The summed E-state index contributed by atoms with van der Waals surface area (Å²) in [7, 11) is 0. The highest BCUT2D eigenvalue weighted by Gasteiger charge is 2.24. The van der Waals surface area contributed by atoms with Crippen molar-refractivity contribution in [1.29, 1.82) is 0 Å². The highest BCUT2D eigenvalue weighted by Crippen LogP contribution is 2.18. The summed E-state index contributed by atoms with van der Waals surface area (Å²) >= 11 is 0. The van der Waals surface area contributed by atoms with Crippen LogP contribution in [0.15, 0.2) is 41.3 Å². The smallest absolute Gasteiger partial charge is 0.339 e. The lowest BCUT2D eigenvalue weighted by Gasteiger charge is -2.35. The van der Waals surface area contributed by atoms with Gasteiger partial charge in [-0.05, 0) is 25.1 Å². The molecule has 0 bridgehead atoms. The molecule has 1 aliphatic rings. The van der Waals surface area contributed by atoms with Crippen molar-refractivity contribution in [2.75, 3.05) is 37.7 Å². The summed E-state index contributed by atoms with van der Waals surface area (Å²) in [5.74, 6) is -0.119. The molecule has 2 aromatic rings. The average molecular weight is 329 g/mol. The number of nitrogens with zero attached hydrogens (tertiary/aromatic N) is 3. The number of amides is 1. The lowest BCUT2D eigenvalue weighted by Crippen LogP contribution is -2.48. The summed E-state index contributed by atoms with van der Waals surface area (Å²) in [4.78, 5) is 32.0. The van der Waals surface area contributed by atoms with Crippen LogP contribution in [0.25, 0.3) is 0 Å². The molecule has 7 nitrogen and oxygen atoms in total. The van der Waals surface area contributed by atoms with E-state index in [0.717, 1.165) is 5.69 Å². The molecule has 0 aromatic carbocycles. The number of carbonyl (C=O) groups is 2.